The van der Waals surface area contributed by atoms with Gasteiger partial charge in [0.05, 0.1) is 18.2 Å². The Morgan fingerprint density at radius 1 is 1.43 bits per heavy atom. The molecule has 2 saturated heterocycles. The summed E-state index contributed by atoms with van der Waals surface area (Å²) >= 11 is 0. The van der Waals surface area contributed by atoms with Gasteiger partial charge in [-0.05, 0) is 39.2 Å². The molecule has 0 spiro atoms. The fourth-order valence-corrected chi connectivity index (χ4v) is 3.43. The molecule has 4 unspecified atom stereocenters. The maximum atomic E-state index is 12.6. The topological polar surface area (TPSA) is 41.6 Å². The molecule has 2 fully saturated rings. The van der Waals surface area contributed by atoms with E-state index >= 15 is 0 Å². The van der Waals surface area contributed by atoms with Gasteiger partial charge < -0.3 is 9.64 Å². The number of aryl methyl sites for hydroxylation is 1. The number of rotatable bonds is 3. The Kier molecular flexibility index (Phi) is 4.00. The summed E-state index contributed by atoms with van der Waals surface area (Å²) in [6.45, 7) is 6.94. The van der Waals surface area contributed by atoms with Gasteiger partial charge in [-0.3, -0.25) is 10.1 Å². The van der Waals surface area contributed by atoms with Crippen LogP contribution < -0.4 is 5.32 Å². The summed E-state index contributed by atoms with van der Waals surface area (Å²) in [5.41, 5.74) is 2.36. The molecule has 4 nitrogen and oxygen atoms in total. The maximum Gasteiger partial charge on any atom is 0.241 e. The van der Waals surface area contributed by atoms with E-state index in [1.165, 1.54) is 5.56 Å². The summed E-state index contributed by atoms with van der Waals surface area (Å²) in [4.78, 5) is 14.6. The summed E-state index contributed by atoms with van der Waals surface area (Å²) in [6, 6.07) is 8.33. The van der Waals surface area contributed by atoms with Crippen molar-refractivity contribution in [3.63, 3.8) is 0 Å². The highest BCUT2D eigenvalue weighted by atomic mass is 16.5. The SMILES string of the molecule is Cc1cccc(C2NC(C)C(=O)N2C(C)C2CCCO2)c1. The second-order valence-electron chi connectivity index (χ2n) is 6.24. The molecule has 1 aromatic rings. The van der Waals surface area contributed by atoms with Crippen LogP contribution in [0.25, 0.3) is 0 Å². The molecular formula is C17H24N2O2. The van der Waals surface area contributed by atoms with Crippen molar-refractivity contribution in [2.24, 2.45) is 0 Å². The van der Waals surface area contributed by atoms with Crippen molar-refractivity contribution in [3.05, 3.63) is 35.4 Å². The fraction of sp³-hybridized carbons (Fsp3) is 0.588. The molecule has 0 radical (unpaired) electrons. The molecule has 2 aliphatic heterocycles. The number of ether oxygens (including phenoxy) is 1. The molecule has 1 aromatic carbocycles. The lowest BCUT2D eigenvalue weighted by Gasteiger charge is -2.33. The maximum absolute atomic E-state index is 12.6. The number of hydrogen-bond donors (Lipinski definition) is 1. The molecule has 1 N–H and O–H groups in total. The van der Waals surface area contributed by atoms with Gasteiger partial charge in [-0.25, -0.2) is 0 Å². The zero-order valence-corrected chi connectivity index (χ0v) is 13.0. The van der Waals surface area contributed by atoms with Crippen LogP contribution in [-0.2, 0) is 9.53 Å². The molecule has 1 amide bonds. The van der Waals surface area contributed by atoms with E-state index in [-0.39, 0.29) is 30.3 Å². The number of nitrogens with zero attached hydrogens (tertiary/aromatic N) is 1. The van der Waals surface area contributed by atoms with E-state index in [1.807, 2.05) is 11.8 Å². The number of carbonyl (C=O) groups excluding carboxylic acids is 1. The van der Waals surface area contributed by atoms with Crippen LogP contribution in [0.4, 0.5) is 0 Å². The van der Waals surface area contributed by atoms with Gasteiger partial charge >= 0.3 is 0 Å². The van der Waals surface area contributed by atoms with Crippen molar-refractivity contribution in [2.45, 2.75) is 58.0 Å². The van der Waals surface area contributed by atoms with E-state index in [2.05, 4.69) is 43.4 Å². The van der Waals surface area contributed by atoms with Crippen molar-refractivity contribution < 1.29 is 9.53 Å². The molecule has 4 heteroatoms. The molecule has 4 atom stereocenters. The first-order chi connectivity index (χ1) is 10.1. The van der Waals surface area contributed by atoms with E-state index in [9.17, 15) is 4.79 Å². The first kappa shape index (κ1) is 14.5. The molecule has 0 aromatic heterocycles. The third kappa shape index (κ3) is 2.70. The second-order valence-corrected chi connectivity index (χ2v) is 6.24. The van der Waals surface area contributed by atoms with Crippen molar-refractivity contribution in [3.8, 4) is 0 Å². The molecule has 2 aliphatic rings. The predicted octanol–water partition coefficient (Wildman–Crippen LogP) is 2.38. The van der Waals surface area contributed by atoms with Crippen molar-refractivity contribution >= 4 is 5.91 Å². The van der Waals surface area contributed by atoms with Crippen LogP contribution in [0.3, 0.4) is 0 Å². The monoisotopic (exact) mass is 288 g/mol. The van der Waals surface area contributed by atoms with E-state index in [0.717, 1.165) is 25.0 Å². The van der Waals surface area contributed by atoms with Crippen molar-refractivity contribution in [1.82, 2.24) is 10.2 Å². The third-order valence-electron chi connectivity index (χ3n) is 4.61. The van der Waals surface area contributed by atoms with Gasteiger partial charge in [-0.2, -0.15) is 0 Å². The van der Waals surface area contributed by atoms with Gasteiger partial charge in [0.1, 0.15) is 6.17 Å². The summed E-state index contributed by atoms with van der Waals surface area (Å²) in [5.74, 6) is 0.171. The molecule has 0 bridgehead atoms. The molecule has 2 heterocycles. The minimum Gasteiger partial charge on any atom is -0.376 e. The second kappa shape index (κ2) is 5.78. The number of hydrogen-bond acceptors (Lipinski definition) is 3. The Labute approximate surface area is 126 Å². The molecule has 3 rings (SSSR count). The average molecular weight is 288 g/mol. The minimum absolute atomic E-state index is 0.0494. The molecule has 0 saturated carbocycles. The van der Waals surface area contributed by atoms with Gasteiger partial charge in [0.25, 0.3) is 0 Å². The number of amides is 1. The Morgan fingerprint density at radius 3 is 2.90 bits per heavy atom. The van der Waals surface area contributed by atoms with Gasteiger partial charge in [-0.1, -0.05) is 29.8 Å². The Morgan fingerprint density at radius 2 is 2.24 bits per heavy atom. The van der Waals surface area contributed by atoms with Gasteiger partial charge in [0.15, 0.2) is 0 Å². The summed E-state index contributed by atoms with van der Waals surface area (Å²) in [7, 11) is 0. The fourth-order valence-electron chi connectivity index (χ4n) is 3.43. The standard InChI is InChI=1S/C17H24N2O2/c1-11-6-4-7-14(10-11)16-18-12(2)17(20)19(16)13(3)15-8-5-9-21-15/h4,6-7,10,12-13,15-16,18H,5,8-9H2,1-3H3. The highest BCUT2D eigenvalue weighted by Crippen LogP contribution is 2.31. The van der Waals surface area contributed by atoms with E-state index in [0.29, 0.717) is 0 Å². The summed E-state index contributed by atoms with van der Waals surface area (Å²) in [6.07, 6.45) is 2.24. The van der Waals surface area contributed by atoms with Gasteiger partial charge in [0, 0.05) is 6.61 Å². The zero-order valence-electron chi connectivity index (χ0n) is 13.0. The van der Waals surface area contributed by atoms with E-state index in [1.54, 1.807) is 0 Å². The molecular weight excluding hydrogens is 264 g/mol. The van der Waals surface area contributed by atoms with Crippen molar-refractivity contribution in [1.29, 1.82) is 0 Å². The van der Waals surface area contributed by atoms with E-state index < -0.39 is 0 Å². The van der Waals surface area contributed by atoms with Crippen LogP contribution in [0.2, 0.25) is 0 Å². The van der Waals surface area contributed by atoms with Gasteiger partial charge in [-0.15, -0.1) is 0 Å². The smallest absolute Gasteiger partial charge is 0.241 e. The number of carbonyl (C=O) groups is 1. The lowest BCUT2D eigenvalue weighted by atomic mass is 10.0. The van der Waals surface area contributed by atoms with Crippen LogP contribution >= 0.6 is 0 Å². The lowest BCUT2D eigenvalue weighted by Crippen LogP contribution is -2.44. The molecule has 21 heavy (non-hydrogen) atoms. The highest BCUT2D eigenvalue weighted by Gasteiger charge is 2.42. The normalized spacial score (nSPS) is 30.9. The highest BCUT2D eigenvalue weighted by molar-refractivity contribution is 5.84. The number of benzene rings is 1. The van der Waals surface area contributed by atoms with Crippen molar-refractivity contribution in [2.75, 3.05) is 6.61 Å². The zero-order chi connectivity index (χ0) is 15.0. The Balaban J connectivity index is 1.88. The summed E-state index contributed by atoms with van der Waals surface area (Å²) < 4.78 is 5.80. The molecule has 114 valence electrons. The minimum atomic E-state index is -0.139. The average Bonchev–Trinajstić information content (AvgIpc) is 3.08. The van der Waals surface area contributed by atoms with Crippen LogP contribution in [0, 0.1) is 6.92 Å². The Bertz CT molecular complexity index is 525. The van der Waals surface area contributed by atoms with E-state index in [4.69, 9.17) is 4.74 Å². The first-order valence-electron chi connectivity index (χ1n) is 7.84. The van der Waals surface area contributed by atoms with Crippen LogP contribution in [-0.4, -0.2) is 35.6 Å². The lowest BCUT2D eigenvalue weighted by molar-refractivity contribution is -0.134. The Hall–Kier alpha value is -1.39. The van der Waals surface area contributed by atoms with Crippen LogP contribution in [0.1, 0.15) is 44.0 Å². The number of nitrogens with one attached hydrogen (secondary N) is 1. The van der Waals surface area contributed by atoms with Gasteiger partial charge in [0.2, 0.25) is 5.91 Å². The largest absolute Gasteiger partial charge is 0.376 e. The van der Waals surface area contributed by atoms with Crippen LogP contribution in [0.15, 0.2) is 24.3 Å². The third-order valence-corrected chi connectivity index (χ3v) is 4.61. The predicted molar refractivity (Wildman–Crippen MR) is 81.8 cm³/mol. The quantitative estimate of drug-likeness (QED) is 0.928. The molecule has 0 aliphatic carbocycles. The summed E-state index contributed by atoms with van der Waals surface area (Å²) in [5, 5.41) is 3.42. The van der Waals surface area contributed by atoms with Crippen LogP contribution in [0.5, 0.6) is 0 Å². The first-order valence-corrected chi connectivity index (χ1v) is 7.84.